The van der Waals surface area contributed by atoms with Gasteiger partial charge >= 0.3 is 5.97 Å². The normalized spacial score (nSPS) is 10.5. The number of pyridine rings is 1. The number of esters is 1. The molecule has 0 aromatic carbocycles. The average molecular weight is 329 g/mol. The number of carbonyl (C=O) groups excluding carboxylic acids is 1. The predicted molar refractivity (Wildman–Crippen MR) is 56.1 cm³/mol. The molecule has 0 radical (unpaired) electrons. The Labute approximate surface area is 96.8 Å². The number of ether oxygens (including phenoxy) is 1. The Balaban J connectivity index is 3.34. The van der Waals surface area contributed by atoms with Crippen LogP contribution in [0.5, 0.6) is 0 Å². The van der Waals surface area contributed by atoms with Gasteiger partial charge in [-0.2, -0.15) is 0 Å². The third-order valence-corrected chi connectivity index (χ3v) is 2.48. The fourth-order valence-corrected chi connectivity index (χ4v) is 1.76. The molecule has 0 fully saturated rings. The van der Waals surface area contributed by atoms with E-state index in [-0.39, 0.29) is 9.13 Å². The summed E-state index contributed by atoms with van der Waals surface area (Å²) in [5, 5.41) is 0. The maximum atomic E-state index is 12.3. The Morgan fingerprint density at radius 2 is 2.20 bits per heavy atom. The lowest BCUT2D eigenvalue weighted by molar-refractivity contribution is 0.0596. The zero-order valence-corrected chi connectivity index (χ0v) is 9.67. The van der Waals surface area contributed by atoms with Gasteiger partial charge in [-0.15, -0.1) is 0 Å². The van der Waals surface area contributed by atoms with Crippen molar-refractivity contribution < 1.29 is 18.3 Å². The van der Waals surface area contributed by atoms with Crippen molar-refractivity contribution in [1.29, 1.82) is 0 Å². The maximum absolute atomic E-state index is 12.3. The minimum Gasteiger partial charge on any atom is -0.465 e. The number of nitrogens with one attached hydrogen (secondary N) is 1. The molecular formula is C8H6F2INO3. The summed E-state index contributed by atoms with van der Waals surface area (Å²) in [4.78, 5) is 24.3. The topological polar surface area (TPSA) is 59.2 Å². The number of hydrogen-bond donors (Lipinski definition) is 1. The first-order valence-electron chi connectivity index (χ1n) is 3.76. The van der Waals surface area contributed by atoms with Crippen LogP contribution in [0.25, 0.3) is 0 Å². The number of rotatable bonds is 2. The first-order chi connectivity index (χ1) is 6.97. The van der Waals surface area contributed by atoms with E-state index >= 15 is 0 Å². The fraction of sp³-hybridized carbons (Fsp3) is 0.250. The van der Waals surface area contributed by atoms with Crippen molar-refractivity contribution in [3.05, 3.63) is 31.2 Å². The van der Waals surface area contributed by atoms with E-state index < -0.39 is 23.6 Å². The molecule has 0 saturated carbocycles. The number of H-pyrrole nitrogens is 1. The fourth-order valence-electron chi connectivity index (χ4n) is 0.957. The maximum Gasteiger partial charge on any atom is 0.344 e. The van der Waals surface area contributed by atoms with E-state index in [0.29, 0.717) is 0 Å². The van der Waals surface area contributed by atoms with Gasteiger partial charge in [0, 0.05) is 3.57 Å². The van der Waals surface area contributed by atoms with Crippen LogP contribution in [0.15, 0.2) is 10.9 Å². The largest absolute Gasteiger partial charge is 0.465 e. The predicted octanol–water partition coefficient (Wildman–Crippen LogP) is 1.70. The monoisotopic (exact) mass is 329 g/mol. The molecule has 0 amide bonds. The molecule has 7 heteroatoms. The van der Waals surface area contributed by atoms with E-state index in [1.807, 2.05) is 4.98 Å². The summed E-state index contributed by atoms with van der Waals surface area (Å²) >= 11 is 1.63. The second kappa shape index (κ2) is 4.69. The third-order valence-electron chi connectivity index (χ3n) is 1.63. The lowest BCUT2D eigenvalue weighted by Gasteiger charge is -2.04. The van der Waals surface area contributed by atoms with Gasteiger partial charge in [0.15, 0.2) is 0 Å². The highest BCUT2D eigenvalue weighted by molar-refractivity contribution is 14.1. The van der Waals surface area contributed by atoms with Gasteiger partial charge in [0.2, 0.25) is 0 Å². The van der Waals surface area contributed by atoms with Crippen LogP contribution in [0.1, 0.15) is 22.5 Å². The number of aromatic amines is 1. The van der Waals surface area contributed by atoms with E-state index in [1.165, 1.54) is 0 Å². The Kier molecular flexibility index (Phi) is 3.77. The summed E-state index contributed by atoms with van der Waals surface area (Å²) in [6.45, 7) is 0. The zero-order valence-electron chi connectivity index (χ0n) is 7.51. The average Bonchev–Trinajstić information content (AvgIpc) is 2.16. The van der Waals surface area contributed by atoms with Gasteiger partial charge in [0.25, 0.3) is 12.0 Å². The van der Waals surface area contributed by atoms with E-state index in [4.69, 9.17) is 0 Å². The number of aromatic nitrogens is 1. The molecule has 1 N–H and O–H groups in total. The number of carbonyl (C=O) groups is 1. The highest BCUT2D eigenvalue weighted by Gasteiger charge is 2.19. The molecule has 0 aliphatic rings. The molecule has 0 spiro atoms. The van der Waals surface area contributed by atoms with E-state index in [1.54, 1.807) is 22.6 Å². The standard InChI is InChI=1S/C8H6F2INO3/c1-15-8(14)5-3(11)2-4(6(9)10)12-7(5)13/h2,6H,1H3,(H,12,13). The van der Waals surface area contributed by atoms with Crippen molar-refractivity contribution in [3.63, 3.8) is 0 Å². The number of methoxy groups -OCH3 is 1. The van der Waals surface area contributed by atoms with Crippen LogP contribution >= 0.6 is 22.6 Å². The Bertz CT molecular complexity index is 444. The van der Waals surface area contributed by atoms with Crippen LogP contribution in [-0.4, -0.2) is 18.1 Å². The minimum absolute atomic E-state index is 0.138. The van der Waals surface area contributed by atoms with Crippen molar-refractivity contribution in [1.82, 2.24) is 4.98 Å². The van der Waals surface area contributed by atoms with Crippen molar-refractivity contribution in [2.45, 2.75) is 6.43 Å². The van der Waals surface area contributed by atoms with Crippen LogP contribution in [0.4, 0.5) is 8.78 Å². The number of alkyl halides is 2. The molecule has 0 aliphatic heterocycles. The molecule has 0 aliphatic carbocycles. The van der Waals surface area contributed by atoms with Crippen molar-refractivity contribution in [3.8, 4) is 0 Å². The van der Waals surface area contributed by atoms with Crippen molar-refractivity contribution in [2.75, 3.05) is 7.11 Å². The molecule has 1 rings (SSSR count). The summed E-state index contributed by atoms with van der Waals surface area (Å²) in [6.07, 6.45) is -2.78. The number of halogens is 3. The molecule has 82 valence electrons. The smallest absolute Gasteiger partial charge is 0.344 e. The van der Waals surface area contributed by atoms with Crippen LogP contribution in [0.2, 0.25) is 0 Å². The first-order valence-corrected chi connectivity index (χ1v) is 4.84. The molecular weight excluding hydrogens is 323 g/mol. The second-order valence-electron chi connectivity index (χ2n) is 2.57. The summed E-state index contributed by atoms with van der Waals surface area (Å²) in [5.41, 5.74) is -1.65. The molecule has 1 aromatic heterocycles. The Morgan fingerprint density at radius 3 is 2.60 bits per heavy atom. The summed E-state index contributed by atoms with van der Waals surface area (Å²) in [5.74, 6) is -0.846. The summed E-state index contributed by atoms with van der Waals surface area (Å²) in [6, 6.07) is 1.04. The molecule has 1 aromatic rings. The first kappa shape index (κ1) is 12.1. The van der Waals surface area contributed by atoms with Crippen molar-refractivity contribution in [2.24, 2.45) is 0 Å². The van der Waals surface area contributed by atoms with Crippen LogP contribution in [0.3, 0.4) is 0 Å². The van der Waals surface area contributed by atoms with E-state index in [0.717, 1.165) is 13.2 Å². The minimum atomic E-state index is -2.78. The highest BCUT2D eigenvalue weighted by atomic mass is 127. The Morgan fingerprint density at radius 1 is 1.60 bits per heavy atom. The summed E-state index contributed by atoms with van der Waals surface area (Å²) in [7, 11) is 1.11. The second-order valence-corrected chi connectivity index (χ2v) is 3.73. The van der Waals surface area contributed by atoms with Gasteiger partial charge < -0.3 is 9.72 Å². The molecule has 0 bridgehead atoms. The summed E-state index contributed by atoms with van der Waals surface area (Å²) < 4.78 is 29.0. The molecule has 4 nitrogen and oxygen atoms in total. The van der Waals surface area contributed by atoms with E-state index in [9.17, 15) is 18.4 Å². The molecule has 0 saturated heterocycles. The molecule has 15 heavy (non-hydrogen) atoms. The molecule has 0 atom stereocenters. The highest BCUT2D eigenvalue weighted by Crippen LogP contribution is 2.18. The van der Waals surface area contributed by atoms with Gasteiger partial charge in [-0.05, 0) is 28.7 Å². The van der Waals surface area contributed by atoms with Gasteiger partial charge in [-0.25, -0.2) is 13.6 Å². The number of hydrogen-bond acceptors (Lipinski definition) is 3. The van der Waals surface area contributed by atoms with Gasteiger partial charge in [-0.3, -0.25) is 4.79 Å². The van der Waals surface area contributed by atoms with Crippen LogP contribution in [-0.2, 0) is 4.74 Å². The molecule has 1 heterocycles. The zero-order chi connectivity index (χ0) is 11.6. The van der Waals surface area contributed by atoms with Gasteiger partial charge in [-0.1, -0.05) is 0 Å². The van der Waals surface area contributed by atoms with Gasteiger partial charge in [0.05, 0.1) is 12.8 Å². The molecule has 0 unspecified atom stereocenters. The van der Waals surface area contributed by atoms with Crippen LogP contribution in [0, 0.1) is 3.57 Å². The van der Waals surface area contributed by atoms with Crippen molar-refractivity contribution >= 4 is 28.6 Å². The van der Waals surface area contributed by atoms with Gasteiger partial charge in [0.1, 0.15) is 5.56 Å². The third kappa shape index (κ3) is 2.52. The quantitative estimate of drug-likeness (QED) is 0.664. The lowest BCUT2D eigenvalue weighted by atomic mass is 10.2. The SMILES string of the molecule is COC(=O)c1c(I)cc(C(F)F)[nH]c1=O. The Hall–Kier alpha value is -0.990. The lowest BCUT2D eigenvalue weighted by Crippen LogP contribution is -2.22. The van der Waals surface area contributed by atoms with Crippen LogP contribution < -0.4 is 5.56 Å². The van der Waals surface area contributed by atoms with E-state index in [2.05, 4.69) is 4.74 Å².